The normalized spacial score (nSPS) is 10.3. The van der Waals surface area contributed by atoms with Crippen LogP contribution in [0.3, 0.4) is 0 Å². The number of pyridine rings is 1. The molecule has 0 unspecified atom stereocenters. The van der Waals surface area contributed by atoms with Crippen molar-refractivity contribution in [1.29, 1.82) is 5.41 Å². The zero-order chi connectivity index (χ0) is 13.1. The number of nitrogens with one attached hydrogen (secondary N) is 1. The summed E-state index contributed by atoms with van der Waals surface area (Å²) in [6.45, 7) is 0. The van der Waals surface area contributed by atoms with E-state index >= 15 is 0 Å². The lowest BCUT2D eigenvalue weighted by molar-refractivity contribution is 1.21. The molecule has 1 aromatic carbocycles. The van der Waals surface area contributed by atoms with Crippen molar-refractivity contribution in [1.82, 2.24) is 4.98 Å². The molecular formula is C12H9Cl2N3S. The van der Waals surface area contributed by atoms with Crippen molar-refractivity contribution in [3.05, 3.63) is 52.3 Å². The summed E-state index contributed by atoms with van der Waals surface area (Å²) in [6.07, 6.45) is 1.62. The number of amidine groups is 1. The van der Waals surface area contributed by atoms with Crippen molar-refractivity contribution in [2.75, 3.05) is 0 Å². The summed E-state index contributed by atoms with van der Waals surface area (Å²) in [4.78, 5) is 5.90. The first-order valence-corrected chi connectivity index (χ1v) is 6.57. The third-order valence-electron chi connectivity index (χ3n) is 2.13. The van der Waals surface area contributed by atoms with Gasteiger partial charge in [-0.05, 0) is 30.3 Å². The van der Waals surface area contributed by atoms with Gasteiger partial charge in [-0.2, -0.15) is 0 Å². The van der Waals surface area contributed by atoms with Crippen molar-refractivity contribution >= 4 is 40.8 Å². The van der Waals surface area contributed by atoms with Crippen LogP contribution in [-0.4, -0.2) is 10.8 Å². The Morgan fingerprint density at radius 1 is 1.11 bits per heavy atom. The van der Waals surface area contributed by atoms with E-state index < -0.39 is 0 Å². The van der Waals surface area contributed by atoms with Crippen LogP contribution in [0.1, 0.15) is 5.69 Å². The average molecular weight is 298 g/mol. The first kappa shape index (κ1) is 13.2. The Bertz CT molecular complexity index is 602. The zero-order valence-corrected chi connectivity index (χ0v) is 11.5. The molecule has 0 fully saturated rings. The molecule has 3 N–H and O–H groups in total. The number of rotatable bonds is 3. The molecule has 0 amide bonds. The van der Waals surface area contributed by atoms with E-state index in [2.05, 4.69) is 4.98 Å². The molecular weight excluding hydrogens is 289 g/mol. The van der Waals surface area contributed by atoms with Gasteiger partial charge in [0, 0.05) is 16.0 Å². The third kappa shape index (κ3) is 3.16. The molecule has 0 spiro atoms. The van der Waals surface area contributed by atoms with Crippen LogP contribution in [0.15, 0.2) is 46.3 Å². The van der Waals surface area contributed by atoms with E-state index in [1.807, 2.05) is 12.1 Å². The largest absolute Gasteiger partial charge is 0.382 e. The predicted molar refractivity (Wildman–Crippen MR) is 75.8 cm³/mol. The van der Waals surface area contributed by atoms with Crippen molar-refractivity contribution in [2.45, 2.75) is 9.79 Å². The van der Waals surface area contributed by atoms with Crippen molar-refractivity contribution in [2.24, 2.45) is 5.73 Å². The van der Waals surface area contributed by atoms with Crippen LogP contribution in [0.25, 0.3) is 0 Å². The van der Waals surface area contributed by atoms with Gasteiger partial charge in [-0.15, -0.1) is 0 Å². The second-order valence-electron chi connectivity index (χ2n) is 3.47. The third-order valence-corrected chi connectivity index (χ3v) is 3.85. The number of nitrogens with two attached hydrogens (primary N) is 1. The predicted octanol–water partition coefficient (Wildman–Crippen LogP) is 3.82. The monoisotopic (exact) mass is 297 g/mol. The summed E-state index contributed by atoms with van der Waals surface area (Å²) >= 11 is 13.3. The highest BCUT2D eigenvalue weighted by atomic mass is 35.5. The van der Waals surface area contributed by atoms with E-state index in [-0.39, 0.29) is 5.84 Å². The Morgan fingerprint density at radius 2 is 1.83 bits per heavy atom. The molecule has 0 saturated carbocycles. The minimum absolute atomic E-state index is 0.0495. The Labute approximate surface area is 119 Å². The van der Waals surface area contributed by atoms with Gasteiger partial charge in [0.05, 0.1) is 10.0 Å². The number of nitrogen functional groups attached to an aromatic ring is 1. The van der Waals surface area contributed by atoms with Crippen LogP contribution in [0.5, 0.6) is 0 Å². The molecule has 2 aromatic rings. The molecule has 0 bridgehead atoms. The fourth-order valence-electron chi connectivity index (χ4n) is 1.30. The number of hydrogen-bond acceptors (Lipinski definition) is 3. The second-order valence-corrected chi connectivity index (χ2v) is 5.43. The van der Waals surface area contributed by atoms with E-state index in [0.29, 0.717) is 15.7 Å². The average Bonchev–Trinajstić information content (AvgIpc) is 2.34. The summed E-state index contributed by atoms with van der Waals surface area (Å²) in [7, 11) is 0. The number of halogens is 2. The zero-order valence-electron chi connectivity index (χ0n) is 9.15. The minimum atomic E-state index is -0.0495. The van der Waals surface area contributed by atoms with Gasteiger partial charge in [0.25, 0.3) is 0 Å². The van der Waals surface area contributed by atoms with Gasteiger partial charge in [0.2, 0.25) is 0 Å². The molecule has 18 heavy (non-hydrogen) atoms. The molecule has 0 aliphatic rings. The summed E-state index contributed by atoms with van der Waals surface area (Å²) in [6, 6.07) is 9.03. The molecule has 2 rings (SSSR count). The SMILES string of the molecule is N=C(N)c1cc(Sc2ccc(Cl)c(Cl)c2)ccn1. The van der Waals surface area contributed by atoms with Gasteiger partial charge in [0.15, 0.2) is 0 Å². The van der Waals surface area contributed by atoms with Crippen LogP contribution >= 0.6 is 35.0 Å². The van der Waals surface area contributed by atoms with Gasteiger partial charge in [0.1, 0.15) is 11.5 Å². The molecule has 3 nitrogen and oxygen atoms in total. The molecule has 6 heteroatoms. The standard InChI is InChI=1S/C12H9Cl2N3S/c13-9-2-1-7(5-10(9)14)18-8-3-4-17-11(6-8)12(15)16/h1-6H,(H3,15,16). The highest BCUT2D eigenvalue weighted by molar-refractivity contribution is 7.99. The number of aromatic nitrogens is 1. The molecule has 0 aliphatic carbocycles. The smallest absolute Gasteiger partial charge is 0.141 e. The summed E-state index contributed by atoms with van der Waals surface area (Å²) in [5.74, 6) is -0.0495. The Morgan fingerprint density at radius 3 is 2.50 bits per heavy atom. The molecule has 1 heterocycles. The van der Waals surface area contributed by atoms with Crippen LogP contribution in [0.2, 0.25) is 10.0 Å². The van der Waals surface area contributed by atoms with Gasteiger partial charge >= 0.3 is 0 Å². The number of nitrogens with zero attached hydrogens (tertiary/aromatic N) is 1. The highest BCUT2D eigenvalue weighted by Gasteiger charge is 2.04. The Hall–Kier alpha value is -1.23. The number of hydrogen-bond donors (Lipinski definition) is 2. The quantitative estimate of drug-likeness (QED) is 0.668. The summed E-state index contributed by atoms with van der Waals surface area (Å²) < 4.78 is 0. The van der Waals surface area contributed by atoms with E-state index in [9.17, 15) is 0 Å². The van der Waals surface area contributed by atoms with E-state index in [1.165, 1.54) is 11.8 Å². The van der Waals surface area contributed by atoms with Gasteiger partial charge < -0.3 is 5.73 Å². The molecule has 0 saturated heterocycles. The molecule has 0 aliphatic heterocycles. The Kier molecular flexibility index (Phi) is 4.11. The first-order chi connectivity index (χ1) is 8.56. The van der Waals surface area contributed by atoms with Crippen LogP contribution in [0, 0.1) is 5.41 Å². The maximum Gasteiger partial charge on any atom is 0.141 e. The summed E-state index contributed by atoms with van der Waals surface area (Å²) in [5, 5.41) is 8.39. The van der Waals surface area contributed by atoms with Crippen molar-refractivity contribution in [3.63, 3.8) is 0 Å². The lowest BCUT2D eigenvalue weighted by atomic mass is 10.3. The lowest BCUT2D eigenvalue weighted by Crippen LogP contribution is -2.12. The number of benzene rings is 1. The van der Waals surface area contributed by atoms with Gasteiger partial charge in [-0.25, -0.2) is 0 Å². The van der Waals surface area contributed by atoms with E-state index in [1.54, 1.807) is 24.4 Å². The van der Waals surface area contributed by atoms with Gasteiger partial charge in [-0.3, -0.25) is 10.4 Å². The van der Waals surface area contributed by atoms with Crippen molar-refractivity contribution < 1.29 is 0 Å². The van der Waals surface area contributed by atoms with E-state index in [0.717, 1.165) is 9.79 Å². The fraction of sp³-hybridized carbons (Fsp3) is 0. The van der Waals surface area contributed by atoms with Crippen LogP contribution in [-0.2, 0) is 0 Å². The Balaban J connectivity index is 2.25. The van der Waals surface area contributed by atoms with Crippen LogP contribution in [0.4, 0.5) is 0 Å². The van der Waals surface area contributed by atoms with Crippen LogP contribution < -0.4 is 5.73 Å². The maximum absolute atomic E-state index is 7.34. The molecule has 92 valence electrons. The molecule has 1 aromatic heterocycles. The highest BCUT2D eigenvalue weighted by Crippen LogP contribution is 2.32. The molecule has 0 atom stereocenters. The fourth-order valence-corrected chi connectivity index (χ4v) is 2.55. The second kappa shape index (κ2) is 5.61. The topological polar surface area (TPSA) is 62.8 Å². The van der Waals surface area contributed by atoms with Crippen molar-refractivity contribution in [3.8, 4) is 0 Å². The summed E-state index contributed by atoms with van der Waals surface area (Å²) in [5.41, 5.74) is 5.85. The minimum Gasteiger partial charge on any atom is -0.382 e. The van der Waals surface area contributed by atoms with Gasteiger partial charge in [-0.1, -0.05) is 35.0 Å². The lowest BCUT2D eigenvalue weighted by Gasteiger charge is -2.04. The van der Waals surface area contributed by atoms with E-state index in [4.69, 9.17) is 34.3 Å². The first-order valence-electron chi connectivity index (χ1n) is 4.99. The molecule has 0 radical (unpaired) electrons. The maximum atomic E-state index is 7.34.